The Hall–Kier alpha value is -3.26. The van der Waals surface area contributed by atoms with Crippen LogP contribution in [-0.4, -0.2) is 126 Å². The van der Waals surface area contributed by atoms with Gasteiger partial charge in [-0.3, -0.25) is 4.18 Å². The van der Waals surface area contributed by atoms with Gasteiger partial charge in [0.15, 0.2) is 0 Å². The highest BCUT2D eigenvalue weighted by molar-refractivity contribution is 7.87. The molecule has 0 spiro atoms. The molecular weight excluding hydrogens is 733 g/mol. The summed E-state index contributed by atoms with van der Waals surface area (Å²) in [6.07, 6.45) is 16.2. The van der Waals surface area contributed by atoms with Crippen LogP contribution in [0.25, 0.3) is 0 Å². The topological polar surface area (TPSA) is 139 Å². The molecule has 0 heterocycles. The predicted molar refractivity (Wildman–Crippen MR) is 209 cm³/mol. The molecule has 0 fully saturated rings. The first-order chi connectivity index (χ1) is 25.4. The summed E-state index contributed by atoms with van der Waals surface area (Å²) in [5.74, 6) is 27.2. The van der Waals surface area contributed by atoms with Crippen molar-refractivity contribution in [2.24, 2.45) is 0 Å². The average Bonchev–Trinajstić information content (AvgIpc) is 3.12. The third-order valence-corrected chi connectivity index (χ3v) is 5.41. The van der Waals surface area contributed by atoms with Crippen LogP contribution >= 0.6 is 0 Å². The number of aliphatic hydroxyl groups is 2. The average molecular weight is 799 g/mol. The lowest BCUT2D eigenvalue weighted by Crippen LogP contribution is -2.25. The Labute approximate surface area is 325 Å². The third-order valence-electron chi connectivity index (χ3n) is 4.36. The third kappa shape index (κ3) is 78.0. The van der Waals surface area contributed by atoms with Gasteiger partial charge in [-0.2, -0.15) is 21.6 Å². The second-order valence-corrected chi connectivity index (χ2v) is 10.6. The van der Waals surface area contributed by atoms with Gasteiger partial charge in [-0.1, -0.05) is 56.3 Å². The summed E-state index contributed by atoms with van der Waals surface area (Å²) in [5, 5.41) is 16.4. The van der Waals surface area contributed by atoms with Crippen molar-refractivity contribution in [3.63, 3.8) is 0 Å². The van der Waals surface area contributed by atoms with Crippen LogP contribution in [0.5, 0.6) is 0 Å². The van der Waals surface area contributed by atoms with Gasteiger partial charge in [-0.05, 0) is 25.7 Å². The molecule has 314 valence electrons. The number of aliphatic hydroxyl groups excluding tert-OH is 2. The number of ether oxygens (including phenoxy) is 6. The summed E-state index contributed by atoms with van der Waals surface area (Å²) < 4.78 is 87.5. The van der Waals surface area contributed by atoms with Crippen LogP contribution in [0.4, 0.5) is 13.2 Å². The Morgan fingerprint density at radius 3 is 1.07 bits per heavy atom. The zero-order valence-corrected chi connectivity index (χ0v) is 33.3. The lowest BCUT2D eigenvalue weighted by molar-refractivity contribution is -0.0542. The fourth-order valence-corrected chi connectivity index (χ4v) is 2.47. The van der Waals surface area contributed by atoms with E-state index in [0.29, 0.717) is 39.6 Å². The van der Waals surface area contributed by atoms with Gasteiger partial charge in [0.1, 0.15) is 39.6 Å². The standard InChI is InChI=1S/C11H16O2.C8H11F3O4S.C7H12O2.2C4H6O.C4H10O.CH4/c1-12-10-8-6-4-3-5-7-9-11-13-2;1-14-6-4-2-3-5-7-15-16(12,13)8(9,10)11;1-9-7-5-3-2-4-6-8;2*1-3-4-5-2;1-2-3-4-5;/h3-5,10-11H2,1-2H3;3,5-7H2,1H3;8H,2,4,6-7H2,1H3;2*1H,4H2,2H3;5H,2-4H2,1H3;1H4. The van der Waals surface area contributed by atoms with Crippen molar-refractivity contribution in [2.75, 3.05) is 102 Å². The predicted octanol–water partition coefficient (Wildman–Crippen LogP) is 5.09. The summed E-state index contributed by atoms with van der Waals surface area (Å²) >= 11 is 0. The normalized spacial score (nSPS) is 8.85. The number of unbranched alkanes of at least 4 members (excludes halogenated alkanes) is 5. The van der Waals surface area contributed by atoms with E-state index in [2.05, 4.69) is 89.3 Å². The fourth-order valence-electron chi connectivity index (χ4n) is 2.00. The SMILES string of the molecule is C.C#CCOC.C#CCOC.CCCCO.COCC#CCCCC#CCOC.COCC#CCCCO.COCC#CCCCOS(=O)(=O)C(F)(F)F. The van der Waals surface area contributed by atoms with E-state index in [1.165, 1.54) is 7.11 Å². The molecule has 0 amide bonds. The Bertz CT molecular complexity index is 1140. The number of terminal acetylenes is 2. The van der Waals surface area contributed by atoms with Crippen LogP contribution < -0.4 is 0 Å². The molecule has 0 bridgehead atoms. The van der Waals surface area contributed by atoms with E-state index in [1.807, 2.05) is 0 Å². The first-order valence-corrected chi connectivity index (χ1v) is 17.6. The van der Waals surface area contributed by atoms with Gasteiger partial charge in [0, 0.05) is 81.6 Å². The highest BCUT2D eigenvalue weighted by atomic mass is 32.2. The highest BCUT2D eigenvalue weighted by Gasteiger charge is 2.47. The van der Waals surface area contributed by atoms with Gasteiger partial charge >= 0.3 is 15.6 Å². The maximum atomic E-state index is 11.8. The van der Waals surface area contributed by atoms with Crippen LogP contribution in [0, 0.1) is 72.1 Å². The van der Waals surface area contributed by atoms with Crippen molar-refractivity contribution in [2.45, 2.75) is 77.6 Å². The summed E-state index contributed by atoms with van der Waals surface area (Å²) in [7, 11) is 4.02. The van der Waals surface area contributed by atoms with Gasteiger partial charge < -0.3 is 38.6 Å². The van der Waals surface area contributed by atoms with Crippen molar-refractivity contribution in [3.8, 4) is 72.1 Å². The minimum absolute atomic E-state index is 0. The van der Waals surface area contributed by atoms with E-state index in [4.69, 9.17) is 32.5 Å². The lowest BCUT2D eigenvalue weighted by atomic mass is 10.2. The molecule has 0 aliphatic carbocycles. The van der Waals surface area contributed by atoms with Crippen LogP contribution in [0.15, 0.2) is 0 Å². The smallest absolute Gasteiger partial charge is 0.396 e. The number of rotatable bonds is 16. The zero-order valence-electron chi connectivity index (χ0n) is 32.5. The summed E-state index contributed by atoms with van der Waals surface area (Å²) in [6, 6.07) is 0. The molecule has 0 aliphatic heterocycles. The van der Waals surface area contributed by atoms with Gasteiger partial charge in [-0.25, -0.2) is 0 Å². The van der Waals surface area contributed by atoms with E-state index in [0.717, 1.165) is 44.9 Å². The maximum absolute atomic E-state index is 11.8. The monoisotopic (exact) mass is 798 g/mol. The van der Waals surface area contributed by atoms with Crippen molar-refractivity contribution >= 4 is 10.1 Å². The number of halogens is 3. The fraction of sp³-hybridized carbons (Fsp3) is 0.692. The van der Waals surface area contributed by atoms with Gasteiger partial charge in [0.05, 0.1) is 6.61 Å². The number of hydrogen-bond donors (Lipinski definition) is 2. The van der Waals surface area contributed by atoms with E-state index in [1.54, 1.807) is 35.5 Å². The molecule has 2 N–H and O–H groups in total. The number of methoxy groups -OCH3 is 6. The lowest BCUT2D eigenvalue weighted by Gasteiger charge is -2.06. The largest absolute Gasteiger partial charge is 0.523 e. The molecule has 0 aliphatic rings. The van der Waals surface area contributed by atoms with Crippen molar-refractivity contribution in [1.29, 1.82) is 0 Å². The van der Waals surface area contributed by atoms with Crippen molar-refractivity contribution < 1.29 is 64.4 Å². The molecule has 0 aromatic rings. The van der Waals surface area contributed by atoms with E-state index >= 15 is 0 Å². The second-order valence-electron chi connectivity index (χ2n) is 9.00. The first kappa shape index (κ1) is 65.6. The van der Waals surface area contributed by atoms with E-state index in [9.17, 15) is 21.6 Å². The minimum atomic E-state index is -5.47. The Morgan fingerprint density at radius 1 is 0.537 bits per heavy atom. The summed E-state index contributed by atoms with van der Waals surface area (Å²) in [6.45, 7) is 4.68. The van der Waals surface area contributed by atoms with Crippen molar-refractivity contribution in [1.82, 2.24) is 0 Å². The molecule has 0 atom stereocenters. The minimum Gasteiger partial charge on any atom is -0.396 e. The number of hydrogen-bond acceptors (Lipinski definition) is 11. The molecule has 0 radical (unpaired) electrons. The van der Waals surface area contributed by atoms with Gasteiger partial charge in [-0.15, -0.1) is 36.5 Å². The summed E-state index contributed by atoms with van der Waals surface area (Å²) in [5.41, 5.74) is -5.37. The molecule has 11 nitrogen and oxygen atoms in total. The van der Waals surface area contributed by atoms with Gasteiger partial charge in [0.2, 0.25) is 0 Å². The molecule has 0 saturated carbocycles. The molecule has 0 unspecified atom stereocenters. The maximum Gasteiger partial charge on any atom is 0.523 e. The van der Waals surface area contributed by atoms with Gasteiger partial charge in [0.25, 0.3) is 0 Å². The molecule has 15 heteroatoms. The first-order valence-electron chi connectivity index (χ1n) is 16.2. The molecule has 0 saturated heterocycles. The van der Waals surface area contributed by atoms with Crippen LogP contribution in [-0.2, 0) is 42.7 Å². The highest BCUT2D eigenvalue weighted by Crippen LogP contribution is 2.24. The van der Waals surface area contributed by atoms with Crippen LogP contribution in [0.1, 0.15) is 72.1 Å². The molecular formula is C39H65F3O11S. The summed E-state index contributed by atoms with van der Waals surface area (Å²) in [4.78, 5) is 0. The quantitative estimate of drug-likeness (QED) is 0.0935. The van der Waals surface area contributed by atoms with Crippen LogP contribution in [0.3, 0.4) is 0 Å². The van der Waals surface area contributed by atoms with Crippen molar-refractivity contribution in [3.05, 3.63) is 0 Å². The Kier molecular flexibility index (Phi) is 75.0. The molecule has 0 rings (SSSR count). The van der Waals surface area contributed by atoms with E-state index in [-0.39, 0.29) is 33.5 Å². The molecule has 54 heavy (non-hydrogen) atoms. The zero-order chi connectivity index (χ0) is 41.7. The van der Waals surface area contributed by atoms with Crippen LogP contribution in [0.2, 0.25) is 0 Å². The molecule has 0 aromatic carbocycles. The second kappa shape index (κ2) is 61.8. The number of alkyl halides is 3. The molecule has 0 aromatic heterocycles. The van der Waals surface area contributed by atoms with E-state index < -0.39 is 22.2 Å². The Balaban J connectivity index is -0.000000104. The Morgan fingerprint density at radius 2 is 0.852 bits per heavy atom.